The van der Waals surface area contributed by atoms with Crippen molar-refractivity contribution in [3.05, 3.63) is 42.0 Å². The molecular formula is C17H20O7. The van der Waals surface area contributed by atoms with Gasteiger partial charge in [-0.3, -0.25) is 4.79 Å². The normalized spacial score (nSPS) is 11.4. The largest absolute Gasteiger partial charge is 0.481 e. The molecule has 1 rings (SSSR count). The molecule has 0 radical (unpaired) electrons. The van der Waals surface area contributed by atoms with E-state index >= 15 is 0 Å². The second-order valence-electron chi connectivity index (χ2n) is 5.09. The summed E-state index contributed by atoms with van der Waals surface area (Å²) in [6.07, 6.45) is -1.71. The molecule has 0 fully saturated rings. The van der Waals surface area contributed by atoms with Crippen LogP contribution in [0.5, 0.6) is 5.75 Å². The number of carboxylic acid groups (broad SMARTS) is 1. The molecule has 1 N–H and O–H groups in total. The highest BCUT2D eigenvalue weighted by Gasteiger charge is 2.26. The van der Waals surface area contributed by atoms with Crippen molar-refractivity contribution in [1.82, 2.24) is 0 Å². The fourth-order valence-electron chi connectivity index (χ4n) is 1.78. The first-order valence-electron chi connectivity index (χ1n) is 7.21. The van der Waals surface area contributed by atoms with Crippen molar-refractivity contribution in [2.24, 2.45) is 0 Å². The number of ether oxygens (including phenoxy) is 3. The average molecular weight is 336 g/mol. The van der Waals surface area contributed by atoms with E-state index in [1.54, 1.807) is 18.2 Å². The van der Waals surface area contributed by atoms with Crippen LogP contribution in [0.3, 0.4) is 0 Å². The number of rotatable bonds is 9. The van der Waals surface area contributed by atoms with Crippen LogP contribution in [0.15, 0.2) is 36.4 Å². The molecule has 0 aromatic heterocycles. The lowest BCUT2D eigenvalue weighted by Gasteiger charge is -2.17. The van der Waals surface area contributed by atoms with Crippen molar-refractivity contribution in [3.8, 4) is 5.75 Å². The highest BCUT2D eigenvalue weighted by atomic mass is 16.6. The zero-order valence-corrected chi connectivity index (χ0v) is 13.6. The van der Waals surface area contributed by atoms with Crippen molar-refractivity contribution >= 4 is 17.9 Å². The number of carbonyl (C=O) groups excluding carboxylic acids is 2. The topological polar surface area (TPSA) is 99.1 Å². The Hall–Kier alpha value is -2.67. The first kappa shape index (κ1) is 19.4. The molecule has 0 aliphatic heterocycles. The quantitative estimate of drug-likeness (QED) is 0.417. The van der Waals surface area contributed by atoms with Gasteiger partial charge in [0, 0.05) is 19.1 Å². The van der Waals surface area contributed by atoms with E-state index in [-0.39, 0.29) is 18.6 Å². The van der Waals surface area contributed by atoms with E-state index in [4.69, 9.17) is 19.3 Å². The second-order valence-corrected chi connectivity index (χ2v) is 5.09. The highest BCUT2D eigenvalue weighted by molar-refractivity contribution is 5.94. The van der Waals surface area contributed by atoms with E-state index in [1.807, 2.05) is 13.0 Å². The van der Waals surface area contributed by atoms with Crippen LogP contribution in [0.4, 0.5) is 0 Å². The third-order valence-electron chi connectivity index (χ3n) is 2.96. The maximum Gasteiger partial charge on any atom is 0.352 e. The maximum absolute atomic E-state index is 12.2. The van der Waals surface area contributed by atoms with Crippen LogP contribution < -0.4 is 4.74 Å². The van der Waals surface area contributed by atoms with Crippen LogP contribution in [0.2, 0.25) is 0 Å². The lowest BCUT2D eigenvalue weighted by molar-refractivity contribution is -0.161. The third kappa shape index (κ3) is 6.62. The summed E-state index contributed by atoms with van der Waals surface area (Å²) >= 11 is 0. The molecule has 1 atom stereocenters. The first-order valence-corrected chi connectivity index (χ1v) is 7.21. The van der Waals surface area contributed by atoms with Gasteiger partial charge < -0.3 is 19.3 Å². The SMILES string of the molecule is C=C(CC(=O)O)C(=O)OC(CCOC)C(=O)Oc1cccc(C)c1. The molecular weight excluding hydrogens is 316 g/mol. The van der Waals surface area contributed by atoms with Gasteiger partial charge >= 0.3 is 17.9 Å². The minimum atomic E-state index is -1.22. The fourth-order valence-corrected chi connectivity index (χ4v) is 1.78. The van der Waals surface area contributed by atoms with Crippen LogP contribution in [0, 0.1) is 6.92 Å². The first-order chi connectivity index (χ1) is 11.3. The standard InChI is InChI=1S/C17H20O7/c1-11-5-4-6-13(9-11)23-17(21)14(7-8-22-3)24-16(20)12(2)10-15(18)19/h4-6,9,14H,2,7-8,10H2,1,3H3,(H,18,19). The predicted octanol–water partition coefficient (Wildman–Crippen LogP) is 1.88. The Morgan fingerprint density at radius 1 is 1.29 bits per heavy atom. The molecule has 1 aromatic rings. The van der Waals surface area contributed by atoms with Gasteiger partial charge in [0.05, 0.1) is 13.0 Å². The molecule has 0 heterocycles. The van der Waals surface area contributed by atoms with Gasteiger partial charge in [0.15, 0.2) is 0 Å². The molecule has 24 heavy (non-hydrogen) atoms. The molecule has 130 valence electrons. The van der Waals surface area contributed by atoms with E-state index in [1.165, 1.54) is 7.11 Å². The number of hydrogen-bond donors (Lipinski definition) is 1. The van der Waals surface area contributed by atoms with E-state index in [2.05, 4.69) is 6.58 Å². The lowest BCUT2D eigenvalue weighted by Crippen LogP contribution is -2.33. The Morgan fingerprint density at radius 2 is 2.00 bits per heavy atom. The maximum atomic E-state index is 12.2. The van der Waals surface area contributed by atoms with Crippen molar-refractivity contribution < 1.29 is 33.7 Å². The van der Waals surface area contributed by atoms with Crippen LogP contribution in [-0.4, -0.2) is 42.8 Å². The fraction of sp³-hybridized carbons (Fsp3) is 0.353. The zero-order valence-electron chi connectivity index (χ0n) is 13.6. The monoisotopic (exact) mass is 336 g/mol. The molecule has 0 aliphatic carbocycles. The van der Waals surface area contributed by atoms with Crippen LogP contribution >= 0.6 is 0 Å². The van der Waals surface area contributed by atoms with Crippen molar-refractivity contribution in [3.63, 3.8) is 0 Å². The minimum Gasteiger partial charge on any atom is -0.481 e. The van der Waals surface area contributed by atoms with E-state index in [0.29, 0.717) is 5.75 Å². The number of aliphatic carboxylic acids is 1. The van der Waals surface area contributed by atoms with Gasteiger partial charge in [-0.1, -0.05) is 18.7 Å². The van der Waals surface area contributed by atoms with E-state index in [0.717, 1.165) is 5.56 Å². The highest BCUT2D eigenvalue weighted by Crippen LogP contribution is 2.15. The molecule has 7 nitrogen and oxygen atoms in total. The summed E-state index contributed by atoms with van der Waals surface area (Å²) in [4.78, 5) is 34.6. The van der Waals surface area contributed by atoms with Gasteiger partial charge in [-0.15, -0.1) is 0 Å². The molecule has 0 spiro atoms. The van der Waals surface area contributed by atoms with Gasteiger partial charge in [-0.25, -0.2) is 9.59 Å². The number of benzene rings is 1. The number of carbonyl (C=O) groups is 3. The summed E-state index contributed by atoms with van der Waals surface area (Å²) in [5.74, 6) is -2.62. The average Bonchev–Trinajstić information content (AvgIpc) is 2.50. The summed E-state index contributed by atoms with van der Waals surface area (Å²) in [5, 5.41) is 8.66. The van der Waals surface area contributed by atoms with Crippen molar-refractivity contribution in [1.29, 1.82) is 0 Å². The summed E-state index contributed by atoms with van der Waals surface area (Å²) < 4.78 is 15.1. The minimum absolute atomic E-state index is 0.0766. The molecule has 1 aromatic carbocycles. The number of aryl methyl sites for hydroxylation is 1. The lowest BCUT2D eigenvalue weighted by atomic mass is 10.2. The number of carboxylic acids is 1. The second kappa shape index (κ2) is 9.46. The number of methoxy groups -OCH3 is 1. The molecule has 0 amide bonds. The zero-order chi connectivity index (χ0) is 18.1. The molecule has 0 saturated carbocycles. The molecule has 0 saturated heterocycles. The van der Waals surface area contributed by atoms with Gasteiger partial charge in [-0.2, -0.15) is 0 Å². The molecule has 1 unspecified atom stereocenters. The van der Waals surface area contributed by atoms with Gasteiger partial charge in [0.25, 0.3) is 0 Å². The number of hydrogen-bond acceptors (Lipinski definition) is 6. The Bertz CT molecular complexity index is 621. The Morgan fingerprint density at radius 3 is 2.58 bits per heavy atom. The van der Waals surface area contributed by atoms with Gasteiger partial charge in [0.2, 0.25) is 6.10 Å². The molecule has 0 aliphatic rings. The third-order valence-corrected chi connectivity index (χ3v) is 2.96. The van der Waals surface area contributed by atoms with Crippen LogP contribution in [0.1, 0.15) is 18.4 Å². The summed E-state index contributed by atoms with van der Waals surface area (Å²) in [7, 11) is 1.44. The Balaban J connectivity index is 2.76. The summed E-state index contributed by atoms with van der Waals surface area (Å²) in [6.45, 7) is 5.35. The predicted molar refractivity (Wildman–Crippen MR) is 84.6 cm³/mol. The van der Waals surface area contributed by atoms with E-state index in [9.17, 15) is 14.4 Å². The van der Waals surface area contributed by atoms with Crippen molar-refractivity contribution in [2.45, 2.75) is 25.9 Å². The van der Waals surface area contributed by atoms with Crippen LogP contribution in [0.25, 0.3) is 0 Å². The smallest absolute Gasteiger partial charge is 0.352 e. The van der Waals surface area contributed by atoms with Crippen LogP contribution in [-0.2, 0) is 23.9 Å². The molecule has 0 bridgehead atoms. The number of esters is 2. The van der Waals surface area contributed by atoms with E-state index < -0.39 is 30.4 Å². The van der Waals surface area contributed by atoms with Gasteiger partial charge in [0.1, 0.15) is 5.75 Å². The summed E-state index contributed by atoms with van der Waals surface area (Å²) in [5.41, 5.74) is 0.647. The van der Waals surface area contributed by atoms with Crippen molar-refractivity contribution in [2.75, 3.05) is 13.7 Å². The molecule has 7 heteroatoms. The Labute approximate surface area is 139 Å². The Kier molecular flexibility index (Phi) is 7.64. The summed E-state index contributed by atoms with van der Waals surface area (Å²) in [6, 6.07) is 6.83. The van der Waals surface area contributed by atoms with Gasteiger partial charge in [-0.05, 0) is 24.6 Å².